The number of carbonyl (C=O) groups excluding carboxylic acids is 2. The van der Waals surface area contributed by atoms with E-state index in [2.05, 4.69) is 0 Å². The molecule has 7 rings (SSSR count). The maximum atomic E-state index is 14.8. The van der Waals surface area contributed by atoms with E-state index in [1.807, 2.05) is 24.3 Å². The molecule has 0 aromatic heterocycles. The minimum Gasteiger partial charge on any atom is -0.497 e. The molecule has 10 nitrogen and oxygen atoms in total. The van der Waals surface area contributed by atoms with Crippen molar-refractivity contribution in [2.24, 2.45) is 0 Å². The molecule has 4 aliphatic rings. The third kappa shape index (κ3) is 3.70. The zero-order chi connectivity index (χ0) is 30.8. The highest BCUT2D eigenvalue weighted by Gasteiger charge is 2.78. The number of fused-ring (bicyclic) bond motifs is 1. The number of methoxy groups -OCH3 is 4. The van der Waals surface area contributed by atoms with E-state index in [-0.39, 0.29) is 34.4 Å². The number of hydrogen-bond acceptors (Lipinski definition) is 10. The second kappa shape index (κ2) is 10.1. The van der Waals surface area contributed by atoms with Crippen LogP contribution in [0.15, 0.2) is 83.8 Å². The molecule has 1 fully saturated rings. The van der Waals surface area contributed by atoms with Gasteiger partial charge in [0.25, 0.3) is 5.60 Å². The summed E-state index contributed by atoms with van der Waals surface area (Å²) < 4.78 is 41.4. The second-order valence-electron chi connectivity index (χ2n) is 11.0. The molecular weight excluding hydrogens is 568 g/mol. The molecule has 0 amide bonds. The standard InChI is InChI=1S/C34H30O10/c1-38-20-9-5-18(6-10-20)25-14-13-23-24(35)17-28-34(32(23)42-25)33(37,31(43-28)19-7-11-21(39-2)12-8-19)30(36)29-26(41-4)15-22(40-3)16-27(29)44-34/h5-12,15-17,25,31,37H,13-14H2,1-4H3/t25-,31-,33+,34-/m0/s1. The predicted molar refractivity (Wildman–Crippen MR) is 155 cm³/mol. The molecule has 3 heterocycles. The van der Waals surface area contributed by atoms with E-state index in [0.29, 0.717) is 41.2 Å². The number of aliphatic hydroxyl groups is 1. The molecule has 1 spiro atoms. The molecule has 4 atom stereocenters. The predicted octanol–water partition coefficient (Wildman–Crippen LogP) is 4.81. The minimum absolute atomic E-state index is 0.0198. The van der Waals surface area contributed by atoms with Crippen molar-refractivity contribution in [1.29, 1.82) is 0 Å². The molecule has 10 heteroatoms. The molecule has 0 unspecified atom stereocenters. The van der Waals surface area contributed by atoms with E-state index in [1.54, 1.807) is 43.5 Å². The zero-order valence-electron chi connectivity index (χ0n) is 24.5. The number of ether oxygens (including phenoxy) is 7. The Bertz CT molecular complexity index is 1740. The van der Waals surface area contributed by atoms with Gasteiger partial charge in [-0.2, -0.15) is 0 Å². The average Bonchev–Trinajstić information content (AvgIpc) is 3.33. The third-order valence-electron chi connectivity index (χ3n) is 8.82. The molecular formula is C34H30O10. The molecule has 0 radical (unpaired) electrons. The summed E-state index contributed by atoms with van der Waals surface area (Å²) in [6, 6.07) is 17.3. The van der Waals surface area contributed by atoms with Gasteiger partial charge >= 0.3 is 0 Å². The fourth-order valence-electron chi connectivity index (χ4n) is 6.59. The molecule has 0 saturated carbocycles. The summed E-state index contributed by atoms with van der Waals surface area (Å²) in [6.45, 7) is 0. The zero-order valence-corrected chi connectivity index (χ0v) is 24.5. The van der Waals surface area contributed by atoms with Crippen LogP contribution >= 0.6 is 0 Å². The summed E-state index contributed by atoms with van der Waals surface area (Å²) in [5.41, 5.74) is -2.81. The molecule has 44 heavy (non-hydrogen) atoms. The van der Waals surface area contributed by atoms with Gasteiger partial charge in [-0.25, -0.2) is 0 Å². The summed E-state index contributed by atoms with van der Waals surface area (Å²) in [7, 11) is 6.02. The highest BCUT2D eigenvalue weighted by atomic mass is 16.6. The molecule has 226 valence electrons. The van der Waals surface area contributed by atoms with E-state index in [9.17, 15) is 14.7 Å². The van der Waals surface area contributed by atoms with Gasteiger partial charge in [-0.3, -0.25) is 9.59 Å². The number of hydrogen-bond donors (Lipinski definition) is 1. The largest absolute Gasteiger partial charge is 0.497 e. The van der Waals surface area contributed by atoms with Crippen molar-refractivity contribution in [1.82, 2.24) is 0 Å². The molecule has 1 N–H and O–H groups in total. The van der Waals surface area contributed by atoms with Gasteiger partial charge in [-0.1, -0.05) is 24.3 Å². The van der Waals surface area contributed by atoms with E-state index < -0.39 is 29.2 Å². The topological polar surface area (TPSA) is 119 Å². The Morgan fingerprint density at radius 1 is 0.795 bits per heavy atom. The molecule has 1 aliphatic carbocycles. The first-order chi connectivity index (χ1) is 21.3. The Morgan fingerprint density at radius 3 is 2.05 bits per heavy atom. The van der Waals surface area contributed by atoms with Crippen LogP contribution in [0.2, 0.25) is 0 Å². The van der Waals surface area contributed by atoms with Crippen LogP contribution in [0.4, 0.5) is 0 Å². The van der Waals surface area contributed by atoms with Gasteiger partial charge < -0.3 is 38.3 Å². The lowest BCUT2D eigenvalue weighted by Gasteiger charge is -2.48. The first-order valence-electron chi connectivity index (χ1n) is 14.1. The lowest BCUT2D eigenvalue weighted by atomic mass is 9.67. The SMILES string of the molecule is COc1ccc([C@@H]2CCC3=C(O2)[C@]24Oc5cc(OC)cc(OC)c5C(=O)[C@@]2(O)[C@H](c2ccc(OC)cc2)OC4=CC3=O)cc1. The van der Waals surface area contributed by atoms with Gasteiger partial charge in [0.1, 0.15) is 40.4 Å². The lowest BCUT2D eigenvalue weighted by molar-refractivity contribution is -0.121. The van der Waals surface area contributed by atoms with Gasteiger partial charge in [-0.05, 0) is 48.2 Å². The Morgan fingerprint density at radius 2 is 1.43 bits per heavy atom. The number of Topliss-reactive ketones (excluding diaryl/α,β-unsaturated/α-hetero) is 1. The fraction of sp³-hybridized carbons (Fsp3) is 0.294. The van der Waals surface area contributed by atoms with Crippen LogP contribution in [0, 0.1) is 0 Å². The minimum atomic E-state index is -2.41. The van der Waals surface area contributed by atoms with Crippen molar-refractivity contribution >= 4 is 11.6 Å². The first kappa shape index (κ1) is 27.8. The fourth-order valence-corrected chi connectivity index (χ4v) is 6.59. The van der Waals surface area contributed by atoms with Crippen molar-refractivity contribution < 1.29 is 47.9 Å². The number of allylic oxidation sites excluding steroid dienone is 2. The molecule has 3 aliphatic heterocycles. The van der Waals surface area contributed by atoms with Gasteiger partial charge in [0, 0.05) is 23.8 Å². The Balaban J connectivity index is 1.45. The summed E-state index contributed by atoms with van der Waals surface area (Å²) in [5.74, 6) is 0.851. The third-order valence-corrected chi connectivity index (χ3v) is 8.82. The van der Waals surface area contributed by atoms with E-state index in [1.165, 1.54) is 27.4 Å². The number of carbonyl (C=O) groups is 2. The number of ketones is 2. The van der Waals surface area contributed by atoms with Crippen LogP contribution in [0.5, 0.6) is 28.7 Å². The van der Waals surface area contributed by atoms with Crippen LogP contribution in [0.1, 0.15) is 46.5 Å². The summed E-state index contributed by atoms with van der Waals surface area (Å²) in [5, 5.41) is 12.9. The van der Waals surface area contributed by atoms with Crippen LogP contribution < -0.4 is 23.7 Å². The molecule has 3 aromatic rings. The lowest BCUT2D eigenvalue weighted by Crippen LogP contribution is -2.66. The second-order valence-corrected chi connectivity index (χ2v) is 11.0. The van der Waals surface area contributed by atoms with Crippen molar-refractivity contribution in [3.05, 3.63) is 101 Å². The quantitative estimate of drug-likeness (QED) is 0.424. The van der Waals surface area contributed by atoms with E-state index >= 15 is 0 Å². The summed E-state index contributed by atoms with van der Waals surface area (Å²) in [4.78, 5) is 28.3. The van der Waals surface area contributed by atoms with Gasteiger partial charge in [0.15, 0.2) is 23.4 Å². The van der Waals surface area contributed by atoms with Crippen LogP contribution in [-0.4, -0.2) is 56.3 Å². The normalized spacial score (nSPS) is 26.5. The van der Waals surface area contributed by atoms with Crippen molar-refractivity contribution in [3.63, 3.8) is 0 Å². The molecule has 0 bridgehead atoms. The Hall–Kier alpha value is -4.96. The summed E-state index contributed by atoms with van der Waals surface area (Å²) >= 11 is 0. The van der Waals surface area contributed by atoms with Gasteiger partial charge in [-0.15, -0.1) is 0 Å². The van der Waals surface area contributed by atoms with Crippen LogP contribution in [-0.2, 0) is 14.3 Å². The van der Waals surface area contributed by atoms with Crippen LogP contribution in [0.3, 0.4) is 0 Å². The maximum absolute atomic E-state index is 14.8. The van der Waals surface area contributed by atoms with E-state index in [0.717, 1.165) is 5.56 Å². The first-order valence-corrected chi connectivity index (χ1v) is 14.1. The molecule has 3 aromatic carbocycles. The van der Waals surface area contributed by atoms with Crippen molar-refractivity contribution in [3.8, 4) is 28.7 Å². The number of benzene rings is 3. The van der Waals surface area contributed by atoms with Crippen LogP contribution in [0.25, 0.3) is 0 Å². The Labute approximate surface area is 253 Å². The number of rotatable bonds is 6. The smallest absolute Gasteiger partial charge is 0.262 e. The highest BCUT2D eigenvalue weighted by molar-refractivity contribution is 6.13. The highest BCUT2D eigenvalue weighted by Crippen LogP contribution is 2.63. The average molecular weight is 599 g/mol. The van der Waals surface area contributed by atoms with Crippen molar-refractivity contribution in [2.45, 2.75) is 36.3 Å². The summed E-state index contributed by atoms with van der Waals surface area (Å²) in [6.07, 6.45) is 0.317. The Kier molecular flexibility index (Phi) is 6.36. The maximum Gasteiger partial charge on any atom is 0.262 e. The van der Waals surface area contributed by atoms with Crippen molar-refractivity contribution in [2.75, 3.05) is 28.4 Å². The van der Waals surface area contributed by atoms with Gasteiger partial charge in [0.05, 0.1) is 28.4 Å². The monoisotopic (exact) mass is 598 g/mol. The molecule has 1 saturated heterocycles. The van der Waals surface area contributed by atoms with E-state index in [4.69, 9.17) is 33.2 Å². The van der Waals surface area contributed by atoms with Gasteiger partial charge in [0.2, 0.25) is 11.4 Å².